The minimum Gasteiger partial charge on any atom is -0.465 e. The van der Waals surface area contributed by atoms with Gasteiger partial charge in [-0.1, -0.05) is 35.5 Å². The lowest BCUT2D eigenvalue weighted by molar-refractivity contribution is 0.0599. The van der Waals surface area contributed by atoms with Crippen LogP contribution in [0.4, 0.5) is 0 Å². The van der Waals surface area contributed by atoms with E-state index in [2.05, 4.69) is 10.2 Å². The molecule has 0 aliphatic rings. The van der Waals surface area contributed by atoms with E-state index in [1.165, 1.54) is 18.9 Å². The fraction of sp³-hybridized carbons (Fsp3) is 0.350. The van der Waals surface area contributed by atoms with Crippen LogP contribution in [0.2, 0.25) is 5.02 Å². The van der Waals surface area contributed by atoms with Crippen molar-refractivity contribution in [3.05, 3.63) is 52.4 Å². The number of carbonyl (C=O) groups excluding carboxylic acids is 1. The number of carbonyl (C=O) groups is 1. The van der Waals surface area contributed by atoms with Crippen LogP contribution in [0, 0.1) is 6.92 Å². The number of thioether (sulfide) groups is 1. The first-order valence-electron chi connectivity index (χ1n) is 9.02. The van der Waals surface area contributed by atoms with Crippen LogP contribution in [-0.4, -0.2) is 41.6 Å². The first kappa shape index (κ1) is 21.4. The first-order chi connectivity index (χ1) is 14.0. The highest BCUT2D eigenvalue weighted by Crippen LogP contribution is 2.31. The number of halogens is 1. The second kappa shape index (κ2) is 9.96. The van der Waals surface area contributed by atoms with Gasteiger partial charge in [0.15, 0.2) is 11.0 Å². The molecule has 29 heavy (non-hydrogen) atoms. The van der Waals surface area contributed by atoms with Gasteiger partial charge in [-0.2, -0.15) is 0 Å². The summed E-state index contributed by atoms with van der Waals surface area (Å²) in [6.45, 7) is 3.06. The Hall–Kier alpha value is -2.29. The van der Waals surface area contributed by atoms with E-state index >= 15 is 0 Å². The molecule has 0 aliphatic heterocycles. The van der Waals surface area contributed by atoms with Crippen LogP contribution in [0.25, 0.3) is 11.4 Å². The molecule has 0 atom stereocenters. The Morgan fingerprint density at radius 2 is 2.07 bits per heavy atom. The molecule has 9 heteroatoms. The summed E-state index contributed by atoms with van der Waals surface area (Å²) in [5, 5.41) is 10.1. The number of esters is 1. The molecule has 0 bridgehead atoms. The predicted molar refractivity (Wildman–Crippen MR) is 111 cm³/mol. The molecule has 0 amide bonds. The maximum atomic E-state index is 11.8. The molecule has 1 aromatic carbocycles. The Labute approximate surface area is 178 Å². The summed E-state index contributed by atoms with van der Waals surface area (Å²) >= 11 is 7.85. The van der Waals surface area contributed by atoms with Crippen molar-refractivity contribution in [1.82, 2.24) is 14.8 Å². The zero-order chi connectivity index (χ0) is 20.8. The number of rotatable bonds is 9. The molecule has 0 radical (unpaired) electrons. The summed E-state index contributed by atoms with van der Waals surface area (Å²) < 4.78 is 17.7. The standard InChI is InChI=1S/C20H22ClN3O4S/c1-13-16(19(25)27-3)11-14(28-13)12-29-20-23-22-18(24(20)9-6-10-26-2)15-7-4-5-8-17(15)21/h4-5,7-8,11H,6,9-10,12H2,1-3H3. The van der Waals surface area contributed by atoms with Gasteiger partial charge in [0.2, 0.25) is 0 Å². The van der Waals surface area contributed by atoms with Gasteiger partial charge in [-0.25, -0.2) is 4.79 Å². The van der Waals surface area contributed by atoms with Gasteiger partial charge in [0.05, 0.1) is 17.9 Å². The summed E-state index contributed by atoms with van der Waals surface area (Å²) in [5.74, 6) is 2.00. The van der Waals surface area contributed by atoms with Gasteiger partial charge in [-0.15, -0.1) is 10.2 Å². The fourth-order valence-corrected chi connectivity index (χ4v) is 3.93. The molecule has 7 nitrogen and oxygen atoms in total. The fourth-order valence-electron chi connectivity index (χ4n) is 2.87. The number of benzene rings is 1. The molecule has 2 heterocycles. The molecule has 0 saturated heterocycles. The van der Waals surface area contributed by atoms with E-state index in [1.807, 2.05) is 28.8 Å². The Bertz CT molecular complexity index is 986. The van der Waals surface area contributed by atoms with Gasteiger partial charge in [0, 0.05) is 25.8 Å². The van der Waals surface area contributed by atoms with E-state index in [9.17, 15) is 4.79 Å². The van der Waals surface area contributed by atoms with Crippen LogP contribution in [0.5, 0.6) is 0 Å². The number of hydrogen-bond acceptors (Lipinski definition) is 7. The van der Waals surface area contributed by atoms with Gasteiger partial charge in [-0.05, 0) is 31.5 Å². The smallest absolute Gasteiger partial charge is 0.341 e. The van der Waals surface area contributed by atoms with Crippen LogP contribution < -0.4 is 0 Å². The number of methoxy groups -OCH3 is 2. The summed E-state index contributed by atoms with van der Waals surface area (Å²) in [6.07, 6.45) is 0.811. The first-order valence-corrected chi connectivity index (χ1v) is 10.4. The number of ether oxygens (including phenoxy) is 2. The number of aromatic nitrogens is 3. The molecule has 0 saturated carbocycles. The lowest BCUT2D eigenvalue weighted by atomic mass is 10.2. The average Bonchev–Trinajstić information content (AvgIpc) is 3.29. The maximum Gasteiger partial charge on any atom is 0.341 e. The van der Waals surface area contributed by atoms with Crippen molar-refractivity contribution in [3.8, 4) is 11.4 Å². The summed E-state index contributed by atoms with van der Waals surface area (Å²) in [5.41, 5.74) is 1.26. The third-order valence-electron chi connectivity index (χ3n) is 4.28. The van der Waals surface area contributed by atoms with Crippen molar-refractivity contribution >= 4 is 29.3 Å². The highest BCUT2D eigenvalue weighted by Gasteiger charge is 2.19. The predicted octanol–water partition coefficient (Wildman–Crippen LogP) is 4.62. The topological polar surface area (TPSA) is 79.4 Å². The summed E-state index contributed by atoms with van der Waals surface area (Å²) in [4.78, 5) is 11.8. The Morgan fingerprint density at radius 1 is 1.28 bits per heavy atom. The SMILES string of the molecule is COCCCn1c(SCc2cc(C(=O)OC)c(C)o2)nnc1-c1ccccc1Cl. The van der Waals surface area contributed by atoms with Crippen molar-refractivity contribution in [1.29, 1.82) is 0 Å². The van der Waals surface area contributed by atoms with Crippen molar-refractivity contribution < 1.29 is 18.7 Å². The van der Waals surface area contributed by atoms with Gasteiger partial charge in [0.1, 0.15) is 17.1 Å². The number of nitrogens with zero attached hydrogens (tertiary/aromatic N) is 3. The zero-order valence-corrected chi connectivity index (χ0v) is 18.0. The molecule has 154 valence electrons. The molecule has 0 unspecified atom stereocenters. The van der Waals surface area contributed by atoms with E-state index < -0.39 is 5.97 Å². The Morgan fingerprint density at radius 3 is 2.79 bits per heavy atom. The van der Waals surface area contributed by atoms with Gasteiger partial charge < -0.3 is 18.5 Å². The van der Waals surface area contributed by atoms with Crippen molar-refractivity contribution in [2.24, 2.45) is 0 Å². The molecule has 3 aromatic rings. The maximum absolute atomic E-state index is 11.8. The summed E-state index contributed by atoms with van der Waals surface area (Å²) in [7, 11) is 3.02. The minimum atomic E-state index is -0.411. The molecule has 0 N–H and O–H groups in total. The Balaban J connectivity index is 1.83. The molecular formula is C20H22ClN3O4S. The van der Waals surface area contributed by atoms with E-state index in [0.717, 1.165) is 17.1 Å². The monoisotopic (exact) mass is 435 g/mol. The van der Waals surface area contributed by atoms with Crippen LogP contribution >= 0.6 is 23.4 Å². The van der Waals surface area contributed by atoms with Crippen molar-refractivity contribution in [2.75, 3.05) is 20.8 Å². The Kier molecular flexibility index (Phi) is 7.35. The van der Waals surface area contributed by atoms with E-state index in [4.69, 9.17) is 25.5 Å². The number of aryl methyl sites for hydroxylation is 1. The average molecular weight is 436 g/mol. The van der Waals surface area contributed by atoms with Crippen LogP contribution in [0.3, 0.4) is 0 Å². The van der Waals surface area contributed by atoms with Crippen LogP contribution in [0.1, 0.15) is 28.3 Å². The largest absolute Gasteiger partial charge is 0.465 e. The van der Waals surface area contributed by atoms with Gasteiger partial charge in [-0.3, -0.25) is 0 Å². The molecule has 0 fully saturated rings. The van der Waals surface area contributed by atoms with E-state index in [-0.39, 0.29) is 0 Å². The van der Waals surface area contributed by atoms with Crippen LogP contribution in [-0.2, 0) is 21.8 Å². The third kappa shape index (κ3) is 5.01. The molecule has 2 aromatic heterocycles. The van der Waals surface area contributed by atoms with Crippen LogP contribution in [0.15, 0.2) is 39.9 Å². The molecular weight excluding hydrogens is 414 g/mol. The molecule has 0 spiro atoms. The van der Waals surface area contributed by atoms with E-state index in [1.54, 1.807) is 20.1 Å². The van der Waals surface area contributed by atoms with Gasteiger partial charge >= 0.3 is 5.97 Å². The number of furan rings is 1. The molecule has 3 rings (SSSR count). The number of hydrogen-bond donors (Lipinski definition) is 0. The normalized spacial score (nSPS) is 11.0. The zero-order valence-electron chi connectivity index (χ0n) is 16.5. The minimum absolute atomic E-state index is 0.411. The highest BCUT2D eigenvalue weighted by molar-refractivity contribution is 7.98. The highest BCUT2D eigenvalue weighted by atomic mass is 35.5. The van der Waals surface area contributed by atoms with Crippen molar-refractivity contribution in [2.45, 2.75) is 30.8 Å². The van der Waals surface area contributed by atoms with E-state index in [0.29, 0.717) is 46.8 Å². The summed E-state index contributed by atoms with van der Waals surface area (Å²) in [6, 6.07) is 9.26. The molecule has 0 aliphatic carbocycles. The lowest BCUT2D eigenvalue weighted by Gasteiger charge is -2.10. The third-order valence-corrected chi connectivity index (χ3v) is 5.60. The van der Waals surface area contributed by atoms with Crippen molar-refractivity contribution in [3.63, 3.8) is 0 Å². The second-order valence-electron chi connectivity index (χ2n) is 6.25. The second-order valence-corrected chi connectivity index (χ2v) is 7.60. The lowest BCUT2D eigenvalue weighted by Crippen LogP contribution is -2.05. The quantitative estimate of drug-likeness (QED) is 0.275. The van der Waals surface area contributed by atoms with Gasteiger partial charge in [0.25, 0.3) is 0 Å².